The predicted octanol–water partition coefficient (Wildman–Crippen LogP) is 3.79. The third kappa shape index (κ3) is 8.07. The van der Waals surface area contributed by atoms with E-state index >= 15 is 0 Å². The second-order valence-corrected chi connectivity index (χ2v) is 3.75. The summed E-state index contributed by atoms with van der Waals surface area (Å²) in [6, 6.07) is 0. The summed E-state index contributed by atoms with van der Waals surface area (Å²) in [5.74, 6) is -0.303. The van der Waals surface area contributed by atoms with Gasteiger partial charge >= 0.3 is 5.97 Å². The van der Waals surface area contributed by atoms with E-state index in [1.54, 1.807) is 6.92 Å². The summed E-state index contributed by atoms with van der Waals surface area (Å²) in [4.78, 5) is 11.0. The minimum absolute atomic E-state index is 0.303. The van der Waals surface area contributed by atoms with Gasteiger partial charge in [-0.05, 0) is 38.7 Å². The van der Waals surface area contributed by atoms with E-state index in [2.05, 4.69) is 17.0 Å². The summed E-state index contributed by atoms with van der Waals surface area (Å²) in [6.45, 7) is 5.40. The summed E-state index contributed by atoms with van der Waals surface area (Å²) < 4.78 is 4.57. The van der Waals surface area contributed by atoms with Crippen LogP contribution in [0.2, 0.25) is 0 Å². The minimum Gasteiger partial charge on any atom is -0.465 e. The first-order chi connectivity index (χ1) is 7.72. The molecule has 2 nitrogen and oxygen atoms in total. The minimum atomic E-state index is -0.303. The van der Waals surface area contributed by atoms with Gasteiger partial charge < -0.3 is 4.74 Å². The second kappa shape index (κ2) is 10.3. The Labute approximate surface area is 98.7 Å². The van der Waals surface area contributed by atoms with E-state index in [0.717, 1.165) is 19.3 Å². The lowest BCUT2D eigenvalue weighted by Gasteiger charge is -1.96. The summed E-state index contributed by atoms with van der Waals surface area (Å²) in [6.07, 6.45) is 10.8. The number of hydrogen-bond acceptors (Lipinski definition) is 2. The standard InChI is InChI=1S/C14H22O2/c1-4-5-6-7-8-9-10-11-12-13(2)14(15)16-3/h4,11H,1,5-10H2,2-3H3. The van der Waals surface area contributed by atoms with Crippen molar-refractivity contribution in [3.63, 3.8) is 0 Å². The lowest BCUT2D eigenvalue weighted by Crippen LogP contribution is -1.99. The largest absolute Gasteiger partial charge is 0.465 e. The van der Waals surface area contributed by atoms with Crippen LogP contribution in [0, 0.1) is 0 Å². The first kappa shape index (κ1) is 14.7. The SMILES string of the molecule is C=CCCCCCCC=C=C(C)C(=O)OC. The Morgan fingerprint density at radius 1 is 1.25 bits per heavy atom. The highest BCUT2D eigenvalue weighted by atomic mass is 16.5. The van der Waals surface area contributed by atoms with Crippen LogP contribution in [0.4, 0.5) is 0 Å². The number of esters is 1. The number of methoxy groups -OCH3 is 1. The first-order valence-corrected chi connectivity index (χ1v) is 5.83. The molecule has 2 heteroatoms. The molecule has 0 radical (unpaired) electrons. The van der Waals surface area contributed by atoms with Gasteiger partial charge in [0.1, 0.15) is 0 Å². The van der Waals surface area contributed by atoms with E-state index in [1.165, 1.54) is 26.4 Å². The summed E-state index contributed by atoms with van der Waals surface area (Å²) >= 11 is 0. The Bertz CT molecular complexity index is 270. The fraction of sp³-hybridized carbons (Fsp3) is 0.571. The van der Waals surface area contributed by atoms with Crippen molar-refractivity contribution in [2.24, 2.45) is 0 Å². The van der Waals surface area contributed by atoms with Gasteiger partial charge in [-0.3, -0.25) is 0 Å². The highest BCUT2D eigenvalue weighted by molar-refractivity contribution is 5.87. The van der Waals surface area contributed by atoms with Crippen molar-refractivity contribution in [3.8, 4) is 0 Å². The lowest BCUT2D eigenvalue weighted by atomic mass is 10.1. The maximum atomic E-state index is 11.0. The van der Waals surface area contributed by atoms with Crippen molar-refractivity contribution in [2.45, 2.75) is 45.4 Å². The van der Waals surface area contributed by atoms with Gasteiger partial charge in [-0.15, -0.1) is 12.3 Å². The van der Waals surface area contributed by atoms with Crippen LogP contribution in [0.25, 0.3) is 0 Å². The van der Waals surface area contributed by atoms with Gasteiger partial charge in [-0.25, -0.2) is 4.79 Å². The van der Waals surface area contributed by atoms with E-state index < -0.39 is 0 Å². The quantitative estimate of drug-likeness (QED) is 0.205. The molecule has 0 rings (SSSR count). The highest BCUT2D eigenvalue weighted by Crippen LogP contribution is 2.06. The van der Waals surface area contributed by atoms with Crippen LogP contribution >= 0.6 is 0 Å². The van der Waals surface area contributed by atoms with E-state index in [0.29, 0.717) is 5.57 Å². The molecule has 0 spiro atoms. The number of carbonyl (C=O) groups excluding carboxylic acids is 1. The number of unbranched alkanes of at least 4 members (excludes halogenated alkanes) is 5. The molecule has 0 saturated heterocycles. The monoisotopic (exact) mass is 222 g/mol. The normalized spacial score (nSPS) is 9.12. The highest BCUT2D eigenvalue weighted by Gasteiger charge is 1.99. The van der Waals surface area contributed by atoms with E-state index in [-0.39, 0.29) is 5.97 Å². The molecule has 0 bridgehead atoms. The molecule has 0 amide bonds. The van der Waals surface area contributed by atoms with Crippen LogP contribution in [0.1, 0.15) is 45.4 Å². The average Bonchev–Trinajstić information content (AvgIpc) is 2.31. The smallest absolute Gasteiger partial charge is 0.341 e. The Morgan fingerprint density at radius 2 is 1.88 bits per heavy atom. The van der Waals surface area contributed by atoms with Gasteiger partial charge in [-0.2, -0.15) is 0 Å². The second-order valence-electron chi connectivity index (χ2n) is 3.75. The Balaban J connectivity index is 3.60. The van der Waals surface area contributed by atoms with Crippen LogP contribution in [0.15, 0.2) is 30.0 Å². The van der Waals surface area contributed by atoms with Crippen molar-refractivity contribution in [1.29, 1.82) is 0 Å². The fourth-order valence-corrected chi connectivity index (χ4v) is 1.33. The van der Waals surface area contributed by atoms with Crippen LogP contribution in [0.3, 0.4) is 0 Å². The molecule has 0 aliphatic heterocycles. The molecule has 0 aromatic rings. The van der Waals surface area contributed by atoms with Crippen molar-refractivity contribution in [2.75, 3.05) is 7.11 Å². The van der Waals surface area contributed by atoms with Crippen LogP contribution in [0.5, 0.6) is 0 Å². The number of ether oxygens (including phenoxy) is 1. The fourth-order valence-electron chi connectivity index (χ4n) is 1.33. The van der Waals surface area contributed by atoms with Gasteiger partial charge in [0.25, 0.3) is 0 Å². The molecule has 90 valence electrons. The van der Waals surface area contributed by atoms with Gasteiger partial charge in [0.2, 0.25) is 0 Å². The van der Waals surface area contributed by atoms with Gasteiger partial charge in [0.05, 0.1) is 12.7 Å². The molecule has 0 N–H and O–H groups in total. The maximum Gasteiger partial charge on any atom is 0.341 e. The Morgan fingerprint density at radius 3 is 2.44 bits per heavy atom. The van der Waals surface area contributed by atoms with Crippen molar-refractivity contribution in [1.82, 2.24) is 0 Å². The summed E-state index contributed by atoms with van der Waals surface area (Å²) in [5, 5.41) is 0. The zero-order valence-electron chi connectivity index (χ0n) is 10.4. The molecular weight excluding hydrogens is 200 g/mol. The molecule has 0 aliphatic carbocycles. The number of allylic oxidation sites excluding steroid dienone is 1. The zero-order valence-corrected chi connectivity index (χ0v) is 10.4. The van der Waals surface area contributed by atoms with Crippen molar-refractivity contribution < 1.29 is 9.53 Å². The Hall–Kier alpha value is -1.27. The molecule has 0 heterocycles. The van der Waals surface area contributed by atoms with Crippen molar-refractivity contribution in [3.05, 3.63) is 30.0 Å². The first-order valence-electron chi connectivity index (χ1n) is 5.83. The molecule has 0 aliphatic rings. The average molecular weight is 222 g/mol. The number of hydrogen-bond donors (Lipinski definition) is 0. The van der Waals surface area contributed by atoms with Crippen LogP contribution < -0.4 is 0 Å². The maximum absolute atomic E-state index is 11.0. The van der Waals surface area contributed by atoms with Crippen LogP contribution in [-0.2, 0) is 9.53 Å². The molecule has 0 atom stereocenters. The number of rotatable bonds is 8. The van der Waals surface area contributed by atoms with Crippen molar-refractivity contribution >= 4 is 5.97 Å². The zero-order chi connectivity index (χ0) is 12.2. The van der Waals surface area contributed by atoms with Gasteiger partial charge in [-0.1, -0.05) is 18.9 Å². The van der Waals surface area contributed by atoms with Gasteiger partial charge in [0.15, 0.2) is 0 Å². The predicted molar refractivity (Wildman–Crippen MR) is 67.2 cm³/mol. The molecule has 0 aromatic heterocycles. The lowest BCUT2D eigenvalue weighted by molar-refractivity contribution is -0.136. The molecular formula is C14H22O2. The van der Waals surface area contributed by atoms with E-state index in [9.17, 15) is 4.79 Å². The van der Waals surface area contributed by atoms with Gasteiger partial charge in [0, 0.05) is 0 Å². The van der Waals surface area contributed by atoms with E-state index in [4.69, 9.17) is 0 Å². The number of carbonyl (C=O) groups is 1. The molecule has 16 heavy (non-hydrogen) atoms. The molecule has 0 aromatic carbocycles. The molecule has 0 saturated carbocycles. The van der Waals surface area contributed by atoms with Crippen LogP contribution in [-0.4, -0.2) is 13.1 Å². The summed E-state index contributed by atoms with van der Waals surface area (Å²) in [7, 11) is 1.38. The molecule has 0 unspecified atom stereocenters. The molecule has 0 fully saturated rings. The Kier molecular flexibility index (Phi) is 9.44. The van der Waals surface area contributed by atoms with E-state index in [1.807, 2.05) is 12.2 Å². The third-order valence-electron chi connectivity index (χ3n) is 2.32. The topological polar surface area (TPSA) is 26.3 Å². The third-order valence-corrected chi connectivity index (χ3v) is 2.32. The summed E-state index contributed by atoms with van der Waals surface area (Å²) in [5.41, 5.74) is 3.47.